The van der Waals surface area contributed by atoms with Crippen molar-refractivity contribution in [2.75, 3.05) is 19.8 Å². The van der Waals surface area contributed by atoms with E-state index in [1.165, 1.54) is 0 Å². The van der Waals surface area contributed by atoms with E-state index >= 15 is 0 Å². The molecule has 2 heterocycles. The standard InChI is InChI=1S/C16H20N2O3/c1-16(7-11-21-12-8-16)18-15(20)14-13(5-2-3-10-19)6-4-9-17-14/h4,6,9,19H,3,7-8,10-12H2,1H3,(H,18,20). The molecule has 21 heavy (non-hydrogen) atoms. The molecule has 1 saturated heterocycles. The van der Waals surface area contributed by atoms with Crippen molar-refractivity contribution in [3.05, 3.63) is 29.6 Å². The number of aliphatic hydroxyl groups excluding tert-OH is 1. The van der Waals surface area contributed by atoms with Gasteiger partial charge < -0.3 is 15.2 Å². The summed E-state index contributed by atoms with van der Waals surface area (Å²) in [6, 6.07) is 3.51. The van der Waals surface area contributed by atoms with Crippen molar-refractivity contribution in [2.45, 2.75) is 31.7 Å². The molecule has 0 spiro atoms. The first-order valence-corrected chi connectivity index (χ1v) is 7.10. The first kappa shape index (κ1) is 15.5. The summed E-state index contributed by atoms with van der Waals surface area (Å²) in [5.41, 5.74) is 0.651. The number of carbonyl (C=O) groups is 1. The van der Waals surface area contributed by atoms with E-state index in [-0.39, 0.29) is 18.1 Å². The third-order valence-corrected chi connectivity index (χ3v) is 3.49. The Hall–Kier alpha value is -1.90. The zero-order valence-electron chi connectivity index (χ0n) is 12.2. The molecule has 2 rings (SSSR count). The van der Waals surface area contributed by atoms with E-state index in [1.54, 1.807) is 18.3 Å². The molecule has 0 aromatic carbocycles. The number of pyridine rings is 1. The molecule has 0 saturated carbocycles. The highest BCUT2D eigenvalue weighted by molar-refractivity contribution is 5.95. The Morgan fingerprint density at radius 3 is 3.00 bits per heavy atom. The fraction of sp³-hybridized carbons (Fsp3) is 0.500. The monoisotopic (exact) mass is 288 g/mol. The molecule has 2 N–H and O–H groups in total. The predicted octanol–water partition coefficient (Wildman–Crippen LogP) is 1.11. The Morgan fingerprint density at radius 1 is 1.52 bits per heavy atom. The molecule has 1 aromatic rings. The molecule has 1 fully saturated rings. The van der Waals surface area contributed by atoms with Crippen molar-refractivity contribution in [3.8, 4) is 11.8 Å². The van der Waals surface area contributed by atoms with Gasteiger partial charge in [-0.15, -0.1) is 0 Å². The van der Waals surface area contributed by atoms with E-state index in [2.05, 4.69) is 22.1 Å². The Morgan fingerprint density at radius 2 is 2.29 bits per heavy atom. The van der Waals surface area contributed by atoms with Crippen LogP contribution in [0.15, 0.2) is 18.3 Å². The summed E-state index contributed by atoms with van der Waals surface area (Å²) in [7, 11) is 0. The van der Waals surface area contributed by atoms with E-state index in [4.69, 9.17) is 9.84 Å². The molecule has 0 atom stereocenters. The number of rotatable bonds is 3. The van der Waals surface area contributed by atoms with Crippen LogP contribution in [0.5, 0.6) is 0 Å². The van der Waals surface area contributed by atoms with Crippen LogP contribution in [0.1, 0.15) is 42.2 Å². The quantitative estimate of drug-likeness (QED) is 0.818. The van der Waals surface area contributed by atoms with Crippen LogP contribution in [0.2, 0.25) is 0 Å². The van der Waals surface area contributed by atoms with E-state index in [9.17, 15) is 4.79 Å². The van der Waals surface area contributed by atoms with Gasteiger partial charge in [0, 0.05) is 31.4 Å². The lowest BCUT2D eigenvalue weighted by Crippen LogP contribution is -2.49. The third-order valence-electron chi connectivity index (χ3n) is 3.49. The van der Waals surface area contributed by atoms with Gasteiger partial charge in [-0.3, -0.25) is 4.79 Å². The van der Waals surface area contributed by atoms with Gasteiger partial charge in [-0.05, 0) is 31.9 Å². The van der Waals surface area contributed by atoms with Crippen molar-refractivity contribution in [1.29, 1.82) is 0 Å². The number of aliphatic hydroxyl groups is 1. The Balaban J connectivity index is 2.14. The number of amides is 1. The van der Waals surface area contributed by atoms with Crippen LogP contribution in [-0.2, 0) is 4.74 Å². The minimum Gasteiger partial charge on any atom is -0.395 e. The summed E-state index contributed by atoms with van der Waals surface area (Å²) < 4.78 is 5.33. The van der Waals surface area contributed by atoms with Crippen molar-refractivity contribution in [3.63, 3.8) is 0 Å². The second-order valence-electron chi connectivity index (χ2n) is 5.30. The van der Waals surface area contributed by atoms with Crippen LogP contribution in [0.3, 0.4) is 0 Å². The van der Waals surface area contributed by atoms with Gasteiger partial charge in [-0.25, -0.2) is 4.98 Å². The highest BCUT2D eigenvalue weighted by Gasteiger charge is 2.30. The van der Waals surface area contributed by atoms with Crippen LogP contribution in [0.4, 0.5) is 0 Å². The maximum Gasteiger partial charge on any atom is 0.271 e. The van der Waals surface area contributed by atoms with Gasteiger partial charge >= 0.3 is 0 Å². The largest absolute Gasteiger partial charge is 0.395 e. The summed E-state index contributed by atoms with van der Waals surface area (Å²) in [6.07, 6.45) is 3.54. The van der Waals surface area contributed by atoms with E-state index in [1.807, 2.05) is 6.92 Å². The molecular weight excluding hydrogens is 268 g/mol. The molecule has 5 heteroatoms. The first-order chi connectivity index (χ1) is 10.1. The van der Waals surface area contributed by atoms with E-state index in [0.29, 0.717) is 30.9 Å². The second kappa shape index (κ2) is 7.21. The lowest BCUT2D eigenvalue weighted by molar-refractivity contribution is 0.0421. The van der Waals surface area contributed by atoms with Gasteiger partial charge in [-0.1, -0.05) is 11.8 Å². The number of nitrogens with one attached hydrogen (secondary N) is 1. The molecule has 0 radical (unpaired) electrons. The topological polar surface area (TPSA) is 71.5 Å². The number of hydrogen-bond acceptors (Lipinski definition) is 4. The minimum atomic E-state index is -0.261. The number of aromatic nitrogens is 1. The van der Waals surface area contributed by atoms with Crippen LogP contribution in [0, 0.1) is 11.8 Å². The fourth-order valence-corrected chi connectivity index (χ4v) is 2.18. The molecule has 5 nitrogen and oxygen atoms in total. The lowest BCUT2D eigenvalue weighted by Gasteiger charge is -2.34. The summed E-state index contributed by atoms with van der Waals surface area (Å²) in [5, 5.41) is 11.8. The van der Waals surface area contributed by atoms with Gasteiger partial charge in [-0.2, -0.15) is 0 Å². The van der Waals surface area contributed by atoms with Crippen molar-refractivity contribution < 1.29 is 14.6 Å². The summed E-state index contributed by atoms with van der Waals surface area (Å²) in [4.78, 5) is 16.6. The van der Waals surface area contributed by atoms with Gasteiger partial charge in [0.15, 0.2) is 0 Å². The molecule has 0 aliphatic carbocycles. The van der Waals surface area contributed by atoms with Gasteiger partial charge in [0.05, 0.1) is 12.2 Å². The van der Waals surface area contributed by atoms with E-state index < -0.39 is 0 Å². The van der Waals surface area contributed by atoms with Gasteiger partial charge in [0.25, 0.3) is 5.91 Å². The zero-order valence-corrected chi connectivity index (χ0v) is 12.2. The molecule has 0 unspecified atom stereocenters. The highest BCUT2D eigenvalue weighted by atomic mass is 16.5. The maximum absolute atomic E-state index is 12.4. The maximum atomic E-state index is 12.4. The normalized spacial score (nSPS) is 16.7. The summed E-state index contributed by atoms with van der Waals surface area (Å²) >= 11 is 0. The number of hydrogen-bond donors (Lipinski definition) is 2. The van der Waals surface area contributed by atoms with Crippen LogP contribution in [-0.4, -0.2) is 41.4 Å². The fourth-order valence-electron chi connectivity index (χ4n) is 2.18. The van der Waals surface area contributed by atoms with Crippen molar-refractivity contribution in [1.82, 2.24) is 10.3 Å². The second-order valence-corrected chi connectivity index (χ2v) is 5.30. The third kappa shape index (κ3) is 4.28. The Bertz CT molecular complexity index is 554. The van der Waals surface area contributed by atoms with Crippen LogP contribution < -0.4 is 5.32 Å². The highest BCUT2D eigenvalue weighted by Crippen LogP contribution is 2.20. The SMILES string of the molecule is CC1(NC(=O)c2ncccc2C#CCCO)CCOCC1. The van der Waals surface area contributed by atoms with Crippen molar-refractivity contribution in [2.24, 2.45) is 0 Å². The van der Waals surface area contributed by atoms with Crippen LogP contribution >= 0.6 is 0 Å². The average Bonchev–Trinajstić information content (AvgIpc) is 2.48. The molecule has 112 valence electrons. The van der Waals surface area contributed by atoms with Crippen molar-refractivity contribution >= 4 is 5.91 Å². The van der Waals surface area contributed by atoms with Gasteiger partial charge in [0.2, 0.25) is 0 Å². The molecular formula is C16H20N2O3. The number of ether oxygens (including phenoxy) is 1. The summed E-state index contributed by atoms with van der Waals surface area (Å²) in [5.74, 6) is 5.49. The first-order valence-electron chi connectivity index (χ1n) is 7.10. The predicted molar refractivity (Wildman–Crippen MR) is 78.7 cm³/mol. The van der Waals surface area contributed by atoms with Gasteiger partial charge in [0.1, 0.15) is 5.69 Å². The Labute approximate surface area is 124 Å². The number of nitrogens with zero attached hydrogens (tertiary/aromatic N) is 1. The summed E-state index contributed by atoms with van der Waals surface area (Å²) in [6.45, 7) is 3.34. The molecule has 1 aliphatic rings. The van der Waals surface area contributed by atoms with Crippen LogP contribution in [0.25, 0.3) is 0 Å². The molecule has 0 bridgehead atoms. The molecule has 1 aliphatic heterocycles. The number of carbonyl (C=O) groups excluding carboxylic acids is 1. The molecule has 1 aromatic heterocycles. The Kier molecular flexibility index (Phi) is 5.32. The minimum absolute atomic E-state index is 0.00681. The molecule has 1 amide bonds. The van der Waals surface area contributed by atoms with E-state index in [0.717, 1.165) is 12.8 Å². The smallest absolute Gasteiger partial charge is 0.271 e. The average molecular weight is 288 g/mol. The zero-order chi connectivity index (χ0) is 15.1. The lowest BCUT2D eigenvalue weighted by atomic mass is 9.92.